The summed E-state index contributed by atoms with van der Waals surface area (Å²) in [5, 5.41) is 3.45. The minimum absolute atomic E-state index is 0.338. The highest BCUT2D eigenvalue weighted by atomic mass is 16.5. The lowest BCUT2D eigenvalue weighted by Crippen LogP contribution is -2.23. The molecule has 0 bridgehead atoms. The van der Waals surface area contributed by atoms with Crippen LogP contribution in [0.3, 0.4) is 0 Å². The van der Waals surface area contributed by atoms with Gasteiger partial charge in [-0.3, -0.25) is 0 Å². The Morgan fingerprint density at radius 2 is 1.95 bits per heavy atom. The predicted molar refractivity (Wildman–Crippen MR) is 82.8 cm³/mol. The number of hydrogen-bond acceptors (Lipinski definition) is 3. The van der Waals surface area contributed by atoms with Gasteiger partial charge in [0, 0.05) is 32.4 Å². The van der Waals surface area contributed by atoms with Gasteiger partial charge < -0.3 is 15.0 Å². The molecule has 0 saturated heterocycles. The van der Waals surface area contributed by atoms with Crippen molar-refractivity contribution in [3.8, 4) is 0 Å². The number of benzene rings is 1. The molecule has 106 valence electrons. The molecule has 0 heterocycles. The molecule has 3 heteroatoms. The van der Waals surface area contributed by atoms with Gasteiger partial charge >= 0.3 is 0 Å². The summed E-state index contributed by atoms with van der Waals surface area (Å²) in [7, 11) is 4.10. The van der Waals surface area contributed by atoms with E-state index < -0.39 is 0 Å². The molecule has 19 heavy (non-hydrogen) atoms. The van der Waals surface area contributed by atoms with Crippen LogP contribution in [0.4, 0.5) is 5.69 Å². The van der Waals surface area contributed by atoms with E-state index in [0.717, 1.165) is 12.1 Å². The number of nitrogens with one attached hydrogen (secondary N) is 1. The van der Waals surface area contributed by atoms with Crippen LogP contribution in [-0.2, 0) is 4.74 Å². The lowest BCUT2D eigenvalue weighted by Gasteiger charge is -2.17. The third-order valence-electron chi connectivity index (χ3n) is 2.95. The Morgan fingerprint density at radius 1 is 1.32 bits per heavy atom. The standard InChI is InChI=1S/C16H26N2O/c1-13(2)12-19-11-10-17-14(3)15-6-8-16(9-7-15)18(4)5/h6-9,14,17H,1,10-12H2,2-5H3. The second-order valence-electron chi connectivity index (χ2n) is 5.17. The molecule has 1 unspecified atom stereocenters. The van der Waals surface area contributed by atoms with E-state index in [1.807, 2.05) is 6.92 Å². The average Bonchev–Trinajstić information content (AvgIpc) is 2.37. The lowest BCUT2D eigenvalue weighted by atomic mass is 10.1. The first-order valence-corrected chi connectivity index (χ1v) is 6.73. The molecule has 0 aliphatic carbocycles. The van der Waals surface area contributed by atoms with Crippen molar-refractivity contribution in [2.45, 2.75) is 19.9 Å². The fourth-order valence-corrected chi connectivity index (χ4v) is 1.77. The molecule has 0 fully saturated rings. The van der Waals surface area contributed by atoms with Crippen molar-refractivity contribution in [2.24, 2.45) is 0 Å². The number of rotatable bonds is 8. The van der Waals surface area contributed by atoms with Crippen LogP contribution in [0.15, 0.2) is 36.4 Å². The quantitative estimate of drug-likeness (QED) is 0.576. The first kappa shape index (κ1) is 15.7. The van der Waals surface area contributed by atoms with Gasteiger partial charge in [0.2, 0.25) is 0 Å². The Morgan fingerprint density at radius 3 is 2.47 bits per heavy atom. The maximum Gasteiger partial charge on any atom is 0.0672 e. The lowest BCUT2D eigenvalue weighted by molar-refractivity contribution is 0.156. The first-order valence-electron chi connectivity index (χ1n) is 6.73. The highest BCUT2D eigenvalue weighted by molar-refractivity contribution is 5.46. The zero-order chi connectivity index (χ0) is 14.3. The normalized spacial score (nSPS) is 12.2. The summed E-state index contributed by atoms with van der Waals surface area (Å²) >= 11 is 0. The van der Waals surface area contributed by atoms with Crippen LogP contribution >= 0.6 is 0 Å². The zero-order valence-corrected chi connectivity index (χ0v) is 12.6. The van der Waals surface area contributed by atoms with Crippen molar-refractivity contribution < 1.29 is 4.74 Å². The molecule has 0 radical (unpaired) electrons. The van der Waals surface area contributed by atoms with Gasteiger partial charge in [0.05, 0.1) is 13.2 Å². The van der Waals surface area contributed by atoms with E-state index in [2.05, 4.69) is 62.1 Å². The molecule has 0 saturated carbocycles. The third-order valence-corrected chi connectivity index (χ3v) is 2.95. The Hall–Kier alpha value is -1.32. The molecule has 0 aliphatic rings. The summed E-state index contributed by atoms with van der Waals surface area (Å²) in [4.78, 5) is 2.10. The van der Waals surface area contributed by atoms with Crippen molar-refractivity contribution in [1.82, 2.24) is 5.32 Å². The summed E-state index contributed by atoms with van der Waals surface area (Å²) in [6.45, 7) is 10.2. The maximum atomic E-state index is 5.46. The van der Waals surface area contributed by atoms with Gasteiger partial charge in [-0.2, -0.15) is 0 Å². The molecular formula is C16H26N2O. The highest BCUT2D eigenvalue weighted by Gasteiger charge is 2.04. The Kier molecular flexibility index (Phi) is 6.60. The van der Waals surface area contributed by atoms with E-state index in [1.54, 1.807) is 0 Å². The van der Waals surface area contributed by atoms with Crippen molar-refractivity contribution in [3.05, 3.63) is 42.0 Å². The van der Waals surface area contributed by atoms with Crippen LogP contribution in [0.25, 0.3) is 0 Å². The van der Waals surface area contributed by atoms with Gasteiger partial charge in [0.15, 0.2) is 0 Å². The van der Waals surface area contributed by atoms with Gasteiger partial charge in [0.1, 0.15) is 0 Å². The van der Waals surface area contributed by atoms with Crippen molar-refractivity contribution in [1.29, 1.82) is 0 Å². The van der Waals surface area contributed by atoms with E-state index in [4.69, 9.17) is 4.74 Å². The Labute approximate surface area is 117 Å². The molecule has 1 N–H and O–H groups in total. The molecular weight excluding hydrogens is 236 g/mol. The third kappa shape index (κ3) is 5.90. The van der Waals surface area contributed by atoms with E-state index in [9.17, 15) is 0 Å². The van der Waals surface area contributed by atoms with Crippen LogP contribution in [0.2, 0.25) is 0 Å². The van der Waals surface area contributed by atoms with Gasteiger partial charge in [0.25, 0.3) is 0 Å². The predicted octanol–water partition coefficient (Wildman–Crippen LogP) is 3.00. The van der Waals surface area contributed by atoms with E-state index in [1.165, 1.54) is 11.3 Å². The summed E-state index contributed by atoms with van der Waals surface area (Å²) in [6, 6.07) is 8.96. The van der Waals surface area contributed by atoms with Gasteiger partial charge in [-0.15, -0.1) is 0 Å². The smallest absolute Gasteiger partial charge is 0.0672 e. The second kappa shape index (κ2) is 7.97. The van der Waals surface area contributed by atoms with Crippen LogP contribution in [-0.4, -0.2) is 33.9 Å². The van der Waals surface area contributed by atoms with Crippen molar-refractivity contribution in [2.75, 3.05) is 38.8 Å². The van der Waals surface area contributed by atoms with Crippen LogP contribution in [0.1, 0.15) is 25.5 Å². The first-order chi connectivity index (χ1) is 9.00. The van der Waals surface area contributed by atoms with Crippen LogP contribution in [0.5, 0.6) is 0 Å². The number of hydrogen-bond donors (Lipinski definition) is 1. The molecule has 0 aromatic heterocycles. The summed E-state index contributed by atoms with van der Waals surface area (Å²) < 4.78 is 5.46. The van der Waals surface area contributed by atoms with Crippen LogP contribution < -0.4 is 10.2 Å². The van der Waals surface area contributed by atoms with E-state index in [-0.39, 0.29) is 0 Å². The second-order valence-corrected chi connectivity index (χ2v) is 5.17. The number of anilines is 1. The molecule has 1 aromatic rings. The monoisotopic (exact) mass is 262 g/mol. The Balaban J connectivity index is 2.32. The average molecular weight is 262 g/mol. The fourth-order valence-electron chi connectivity index (χ4n) is 1.77. The van der Waals surface area contributed by atoms with Gasteiger partial charge in [-0.1, -0.05) is 24.3 Å². The van der Waals surface area contributed by atoms with Crippen molar-refractivity contribution in [3.63, 3.8) is 0 Å². The molecule has 0 amide bonds. The topological polar surface area (TPSA) is 24.5 Å². The fraction of sp³-hybridized carbons (Fsp3) is 0.500. The number of nitrogens with zero attached hydrogens (tertiary/aromatic N) is 1. The summed E-state index contributed by atoms with van der Waals surface area (Å²) in [6.07, 6.45) is 0. The van der Waals surface area contributed by atoms with Gasteiger partial charge in [-0.05, 0) is 31.5 Å². The molecule has 1 aromatic carbocycles. The minimum Gasteiger partial charge on any atom is -0.378 e. The molecule has 0 aliphatic heterocycles. The molecule has 0 spiro atoms. The zero-order valence-electron chi connectivity index (χ0n) is 12.6. The molecule has 3 nitrogen and oxygen atoms in total. The largest absolute Gasteiger partial charge is 0.378 e. The molecule has 1 rings (SSSR count). The highest BCUT2D eigenvalue weighted by Crippen LogP contribution is 2.17. The van der Waals surface area contributed by atoms with E-state index in [0.29, 0.717) is 19.3 Å². The maximum absolute atomic E-state index is 5.46. The summed E-state index contributed by atoms with van der Waals surface area (Å²) in [5.41, 5.74) is 3.58. The molecule has 1 atom stereocenters. The summed E-state index contributed by atoms with van der Waals surface area (Å²) in [5.74, 6) is 0. The van der Waals surface area contributed by atoms with E-state index >= 15 is 0 Å². The SMILES string of the molecule is C=C(C)COCCNC(C)c1ccc(N(C)C)cc1. The van der Waals surface area contributed by atoms with Crippen LogP contribution in [0, 0.1) is 0 Å². The number of ether oxygens (including phenoxy) is 1. The van der Waals surface area contributed by atoms with Gasteiger partial charge in [-0.25, -0.2) is 0 Å². The Bertz CT molecular complexity index is 384. The van der Waals surface area contributed by atoms with Crippen molar-refractivity contribution >= 4 is 5.69 Å². The minimum atomic E-state index is 0.338.